The third-order valence-corrected chi connectivity index (χ3v) is 2.57. The van der Waals surface area contributed by atoms with Gasteiger partial charge in [-0.3, -0.25) is 0 Å². The lowest BCUT2D eigenvalue weighted by molar-refractivity contribution is -0.0732. The van der Waals surface area contributed by atoms with Crippen molar-refractivity contribution >= 4 is 0 Å². The molecule has 0 aromatic rings. The molecule has 19 heavy (non-hydrogen) atoms. The summed E-state index contributed by atoms with van der Waals surface area (Å²) in [5, 5.41) is 9.95. The van der Waals surface area contributed by atoms with Crippen molar-refractivity contribution in [3.63, 3.8) is 0 Å². The van der Waals surface area contributed by atoms with Crippen molar-refractivity contribution in [2.45, 2.75) is 26.4 Å². The summed E-state index contributed by atoms with van der Waals surface area (Å²) in [6.45, 7) is 7.04. The van der Waals surface area contributed by atoms with Gasteiger partial charge in [0.05, 0.1) is 13.2 Å². The third-order valence-electron chi connectivity index (χ3n) is 2.57. The minimum atomic E-state index is -2.06. The Morgan fingerprint density at radius 1 is 1.37 bits per heavy atom. The number of allylic oxidation sites excluding steroid dienone is 1. The molecule has 0 aliphatic carbocycles. The van der Waals surface area contributed by atoms with E-state index in [9.17, 15) is 13.9 Å². The van der Waals surface area contributed by atoms with E-state index in [4.69, 9.17) is 14.2 Å². The molecule has 0 aromatic heterocycles. The summed E-state index contributed by atoms with van der Waals surface area (Å²) in [6.07, 6.45) is -1.55. The maximum Gasteiger partial charge on any atom is 0.310 e. The average molecular weight is 280 g/mol. The van der Waals surface area contributed by atoms with E-state index in [0.717, 1.165) is 0 Å². The van der Waals surface area contributed by atoms with Gasteiger partial charge in [0.2, 0.25) is 0 Å². The highest BCUT2D eigenvalue weighted by molar-refractivity contribution is 5.06. The van der Waals surface area contributed by atoms with E-state index in [-0.39, 0.29) is 13.4 Å². The van der Waals surface area contributed by atoms with Crippen molar-refractivity contribution in [3.8, 4) is 0 Å². The second-order valence-electron chi connectivity index (χ2n) is 4.67. The van der Waals surface area contributed by atoms with Crippen LogP contribution in [0.4, 0.5) is 8.78 Å². The molecule has 4 nitrogen and oxygen atoms in total. The Bertz CT molecular complexity index is 299. The number of aliphatic hydroxyl groups excluding tert-OH is 1. The van der Waals surface area contributed by atoms with E-state index in [0.29, 0.717) is 13.0 Å². The van der Waals surface area contributed by atoms with E-state index in [1.165, 1.54) is 7.11 Å². The van der Waals surface area contributed by atoms with Gasteiger partial charge in [0.25, 0.3) is 0 Å². The van der Waals surface area contributed by atoms with E-state index >= 15 is 0 Å². The van der Waals surface area contributed by atoms with Crippen LogP contribution in [0.3, 0.4) is 0 Å². The van der Waals surface area contributed by atoms with Crippen LogP contribution in [0.25, 0.3) is 0 Å². The molecule has 0 saturated carbocycles. The van der Waals surface area contributed by atoms with E-state index in [1.54, 1.807) is 19.9 Å². The molecule has 6 heteroatoms. The molecule has 0 radical (unpaired) electrons. The number of hydrogen-bond acceptors (Lipinski definition) is 4. The summed E-state index contributed by atoms with van der Waals surface area (Å²) in [5.74, 6) is -0.760. The molecular weight excluding hydrogens is 258 g/mol. The van der Waals surface area contributed by atoms with Crippen molar-refractivity contribution in [1.29, 1.82) is 0 Å². The minimum absolute atomic E-state index is 0.226. The lowest BCUT2D eigenvalue weighted by atomic mass is 9.82. The van der Waals surface area contributed by atoms with Gasteiger partial charge in [0, 0.05) is 12.5 Å². The standard InChI is InChI=1S/C13H22F2O4/c1-5-6-13(2,3)11(16)10(12(14)15)19-9-18-8-7-17-4/h5,11,16H,1,6-9H2,2-4H3. The van der Waals surface area contributed by atoms with Gasteiger partial charge in [-0.1, -0.05) is 19.9 Å². The highest BCUT2D eigenvalue weighted by Gasteiger charge is 2.33. The molecule has 0 bridgehead atoms. The first-order valence-corrected chi connectivity index (χ1v) is 5.90. The molecule has 0 aliphatic heterocycles. The second kappa shape index (κ2) is 9.01. The molecule has 0 aromatic carbocycles. The molecule has 0 saturated heterocycles. The summed E-state index contributed by atoms with van der Waals surface area (Å²) in [5.41, 5.74) is -0.799. The Morgan fingerprint density at radius 2 is 2.00 bits per heavy atom. The van der Waals surface area contributed by atoms with Crippen LogP contribution in [0.1, 0.15) is 20.3 Å². The summed E-state index contributed by atoms with van der Waals surface area (Å²) >= 11 is 0. The minimum Gasteiger partial charge on any atom is -0.463 e. The van der Waals surface area contributed by atoms with Gasteiger partial charge in [0.1, 0.15) is 6.10 Å². The van der Waals surface area contributed by atoms with Gasteiger partial charge < -0.3 is 19.3 Å². The Morgan fingerprint density at radius 3 is 2.47 bits per heavy atom. The van der Waals surface area contributed by atoms with Gasteiger partial charge in [-0.05, 0) is 6.42 Å². The first-order valence-electron chi connectivity index (χ1n) is 5.90. The quantitative estimate of drug-likeness (QED) is 0.289. The van der Waals surface area contributed by atoms with Crippen molar-refractivity contribution in [1.82, 2.24) is 0 Å². The largest absolute Gasteiger partial charge is 0.463 e. The fourth-order valence-corrected chi connectivity index (χ4v) is 1.38. The molecule has 1 unspecified atom stereocenters. The molecule has 1 atom stereocenters. The number of halogens is 2. The molecule has 0 fully saturated rings. The second-order valence-corrected chi connectivity index (χ2v) is 4.67. The van der Waals surface area contributed by atoms with Crippen LogP contribution in [-0.4, -0.2) is 38.3 Å². The van der Waals surface area contributed by atoms with Crippen molar-refractivity contribution < 1.29 is 28.1 Å². The smallest absolute Gasteiger partial charge is 0.310 e. The highest BCUT2D eigenvalue weighted by Crippen LogP contribution is 2.32. The van der Waals surface area contributed by atoms with Crippen molar-refractivity contribution in [2.75, 3.05) is 27.1 Å². The van der Waals surface area contributed by atoms with E-state index in [1.807, 2.05) is 0 Å². The van der Waals surface area contributed by atoms with Crippen molar-refractivity contribution in [3.05, 3.63) is 24.5 Å². The normalized spacial score (nSPS) is 12.9. The Kier molecular flexibility index (Phi) is 8.54. The van der Waals surface area contributed by atoms with E-state index < -0.39 is 23.4 Å². The van der Waals surface area contributed by atoms with Gasteiger partial charge >= 0.3 is 6.08 Å². The van der Waals surface area contributed by atoms with Crippen LogP contribution in [0.15, 0.2) is 24.5 Å². The molecule has 0 aliphatic rings. The van der Waals surface area contributed by atoms with Crippen LogP contribution in [0.2, 0.25) is 0 Å². The molecule has 0 amide bonds. The van der Waals surface area contributed by atoms with Crippen LogP contribution >= 0.6 is 0 Å². The predicted octanol–water partition coefficient (Wildman–Crippen LogP) is 2.69. The van der Waals surface area contributed by atoms with Gasteiger partial charge in [-0.25, -0.2) is 0 Å². The van der Waals surface area contributed by atoms with Crippen LogP contribution in [0.5, 0.6) is 0 Å². The zero-order valence-corrected chi connectivity index (χ0v) is 11.6. The molecular formula is C13H22F2O4. The van der Waals surface area contributed by atoms with Crippen molar-refractivity contribution in [2.24, 2.45) is 5.41 Å². The topological polar surface area (TPSA) is 47.9 Å². The summed E-state index contributed by atoms with van der Waals surface area (Å²) < 4.78 is 40.0. The number of rotatable bonds is 10. The Labute approximate surface area is 112 Å². The lowest BCUT2D eigenvalue weighted by Gasteiger charge is -2.30. The monoisotopic (exact) mass is 280 g/mol. The molecule has 0 heterocycles. The summed E-state index contributed by atoms with van der Waals surface area (Å²) in [6, 6.07) is 0. The first-order chi connectivity index (χ1) is 8.86. The van der Waals surface area contributed by atoms with Gasteiger partial charge in [-0.2, -0.15) is 8.78 Å². The van der Waals surface area contributed by atoms with Gasteiger partial charge in [-0.15, -0.1) is 6.58 Å². The first kappa shape index (κ1) is 18.0. The van der Waals surface area contributed by atoms with Crippen LogP contribution in [0, 0.1) is 5.41 Å². The SMILES string of the molecule is C=CCC(C)(C)C(O)C(OCOCCOC)=C(F)F. The number of methoxy groups -OCH3 is 1. The third kappa shape index (κ3) is 6.66. The zero-order valence-electron chi connectivity index (χ0n) is 11.6. The number of hydrogen-bond donors (Lipinski definition) is 1. The highest BCUT2D eigenvalue weighted by atomic mass is 19.3. The fourth-order valence-electron chi connectivity index (χ4n) is 1.38. The number of aliphatic hydroxyl groups is 1. The molecule has 1 N–H and O–H groups in total. The maximum atomic E-state index is 12.8. The lowest BCUT2D eigenvalue weighted by Crippen LogP contribution is -2.32. The van der Waals surface area contributed by atoms with Crippen LogP contribution in [-0.2, 0) is 14.2 Å². The zero-order chi connectivity index (χ0) is 14.9. The average Bonchev–Trinajstić information content (AvgIpc) is 2.32. The van der Waals surface area contributed by atoms with E-state index in [2.05, 4.69) is 6.58 Å². The molecule has 0 spiro atoms. The summed E-state index contributed by atoms with van der Waals surface area (Å²) in [7, 11) is 1.50. The maximum absolute atomic E-state index is 12.8. The Hall–Kier alpha value is -0.980. The number of ether oxygens (including phenoxy) is 3. The van der Waals surface area contributed by atoms with Gasteiger partial charge in [0.15, 0.2) is 12.6 Å². The fraction of sp³-hybridized carbons (Fsp3) is 0.692. The van der Waals surface area contributed by atoms with Crippen LogP contribution < -0.4 is 0 Å². The Balaban J connectivity index is 4.50. The molecule has 112 valence electrons. The predicted molar refractivity (Wildman–Crippen MR) is 67.6 cm³/mol. The summed E-state index contributed by atoms with van der Waals surface area (Å²) in [4.78, 5) is 0. The molecule has 0 rings (SSSR count).